The van der Waals surface area contributed by atoms with Crippen molar-refractivity contribution in [3.05, 3.63) is 29.3 Å². The minimum Gasteiger partial charge on any atom is -0.465 e. The van der Waals surface area contributed by atoms with Crippen molar-refractivity contribution >= 4 is 16.0 Å². The molecule has 0 bridgehead atoms. The van der Waals surface area contributed by atoms with E-state index in [1.54, 1.807) is 6.92 Å². The van der Waals surface area contributed by atoms with Crippen LogP contribution in [0.5, 0.6) is 0 Å². The maximum atomic E-state index is 12.5. The molecule has 6 nitrogen and oxygen atoms in total. The largest absolute Gasteiger partial charge is 0.465 e. The Morgan fingerprint density at radius 1 is 1.36 bits per heavy atom. The molecule has 0 aromatic heterocycles. The molecule has 0 radical (unpaired) electrons. The maximum absolute atomic E-state index is 12.5. The third-order valence-corrected chi connectivity index (χ3v) is 4.93. The highest BCUT2D eigenvalue weighted by molar-refractivity contribution is 7.89. The van der Waals surface area contributed by atoms with Gasteiger partial charge in [0, 0.05) is 12.6 Å². The Bertz CT molecular complexity index is 626. The van der Waals surface area contributed by atoms with Crippen LogP contribution in [0.4, 0.5) is 0 Å². The fourth-order valence-corrected chi connectivity index (χ4v) is 3.73. The summed E-state index contributed by atoms with van der Waals surface area (Å²) >= 11 is 0. The van der Waals surface area contributed by atoms with E-state index in [2.05, 4.69) is 9.46 Å². The number of hydrogen-bond acceptors (Lipinski definition) is 5. The van der Waals surface area contributed by atoms with E-state index in [9.17, 15) is 13.2 Å². The topological polar surface area (TPSA) is 98.5 Å². The molecular formula is C15H24N2O4S. The van der Waals surface area contributed by atoms with Crippen molar-refractivity contribution in [1.82, 2.24) is 4.72 Å². The normalized spacial score (nSPS) is 13.2. The molecule has 3 N–H and O–H groups in total. The number of rotatable bonds is 7. The highest BCUT2D eigenvalue weighted by atomic mass is 32.2. The number of carbonyl (C=O) groups excluding carboxylic acids is 1. The quantitative estimate of drug-likeness (QED) is 0.738. The Balaban J connectivity index is 3.05. The molecular weight excluding hydrogens is 304 g/mol. The van der Waals surface area contributed by atoms with E-state index in [1.165, 1.54) is 25.3 Å². The van der Waals surface area contributed by atoms with Gasteiger partial charge < -0.3 is 10.5 Å². The van der Waals surface area contributed by atoms with Crippen molar-refractivity contribution < 1.29 is 17.9 Å². The number of sulfonamides is 1. The second kappa shape index (κ2) is 7.71. The molecule has 1 unspecified atom stereocenters. The van der Waals surface area contributed by atoms with Crippen LogP contribution in [-0.2, 0) is 14.8 Å². The number of carbonyl (C=O) groups is 1. The van der Waals surface area contributed by atoms with Gasteiger partial charge in [0.25, 0.3) is 0 Å². The molecule has 0 fully saturated rings. The Labute approximate surface area is 132 Å². The predicted octanol–water partition coefficient (Wildman–Crippen LogP) is 1.43. The fraction of sp³-hybridized carbons (Fsp3) is 0.533. The number of ether oxygens (including phenoxy) is 1. The van der Waals surface area contributed by atoms with E-state index in [4.69, 9.17) is 5.73 Å². The standard InChI is InChI=1S/C15H24N2O4S/c1-10(2)7-13(9-16)17-22(19,20)14-6-5-12(8-11(14)3)15(18)21-4/h5-6,8,10,13,17H,7,9,16H2,1-4H3. The first kappa shape index (κ1) is 18.6. The van der Waals surface area contributed by atoms with Crippen LogP contribution < -0.4 is 10.5 Å². The Kier molecular flexibility index (Phi) is 6.52. The van der Waals surface area contributed by atoms with Crippen molar-refractivity contribution in [3.63, 3.8) is 0 Å². The van der Waals surface area contributed by atoms with Crippen LogP contribution in [0.15, 0.2) is 23.1 Å². The zero-order valence-electron chi connectivity index (χ0n) is 13.4. The Morgan fingerprint density at radius 2 is 2.00 bits per heavy atom. The third-order valence-electron chi connectivity index (χ3n) is 3.25. The monoisotopic (exact) mass is 328 g/mol. The third kappa shape index (κ3) is 4.79. The van der Waals surface area contributed by atoms with E-state index in [0.29, 0.717) is 23.5 Å². The maximum Gasteiger partial charge on any atom is 0.337 e. The van der Waals surface area contributed by atoms with E-state index in [0.717, 1.165) is 0 Å². The average Bonchev–Trinajstić information content (AvgIpc) is 2.44. The smallest absolute Gasteiger partial charge is 0.337 e. The van der Waals surface area contributed by atoms with Crippen molar-refractivity contribution in [2.45, 2.75) is 38.1 Å². The first-order valence-corrected chi connectivity index (χ1v) is 8.61. The zero-order chi connectivity index (χ0) is 16.9. The molecule has 0 saturated heterocycles. The van der Waals surface area contributed by atoms with Gasteiger partial charge in [-0.2, -0.15) is 0 Å². The number of methoxy groups -OCH3 is 1. The lowest BCUT2D eigenvalue weighted by Crippen LogP contribution is -2.41. The molecule has 0 saturated carbocycles. The molecule has 0 aliphatic carbocycles. The first-order chi connectivity index (χ1) is 10.2. The van der Waals surface area contributed by atoms with E-state index in [1.807, 2.05) is 13.8 Å². The summed E-state index contributed by atoms with van der Waals surface area (Å²) in [5.74, 6) is -0.168. The SMILES string of the molecule is COC(=O)c1ccc(S(=O)(=O)NC(CN)CC(C)C)c(C)c1. The van der Waals surface area contributed by atoms with Crippen LogP contribution in [0, 0.1) is 12.8 Å². The molecule has 0 aliphatic rings. The van der Waals surface area contributed by atoms with Crippen LogP contribution >= 0.6 is 0 Å². The summed E-state index contributed by atoms with van der Waals surface area (Å²) in [5, 5.41) is 0. The van der Waals surface area contributed by atoms with Crippen molar-refractivity contribution in [2.24, 2.45) is 11.7 Å². The van der Waals surface area contributed by atoms with Gasteiger partial charge in [0.2, 0.25) is 10.0 Å². The second-order valence-corrected chi connectivity index (χ2v) is 7.34. The summed E-state index contributed by atoms with van der Waals surface area (Å²) in [4.78, 5) is 11.6. The molecule has 1 atom stereocenters. The van der Waals surface area contributed by atoms with E-state index >= 15 is 0 Å². The number of nitrogens with two attached hydrogens (primary N) is 1. The number of hydrogen-bond donors (Lipinski definition) is 2. The Morgan fingerprint density at radius 3 is 2.45 bits per heavy atom. The van der Waals surface area contributed by atoms with E-state index in [-0.39, 0.29) is 17.5 Å². The van der Waals surface area contributed by atoms with Gasteiger partial charge >= 0.3 is 5.97 Å². The Hall–Kier alpha value is -1.44. The number of benzene rings is 1. The molecule has 0 heterocycles. The molecule has 0 aliphatic heterocycles. The molecule has 1 aromatic carbocycles. The van der Waals surface area contributed by atoms with Gasteiger partial charge in [0.05, 0.1) is 17.6 Å². The number of esters is 1. The lowest BCUT2D eigenvalue weighted by molar-refractivity contribution is 0.0600. The summed E-state index contributed by atoms with van der Waals surface area (Å²) in [6, 6.07) is 4.03. The van der Waals surface area contributed by atoms with E-state index < -0.39 is 16.0 Å². The van der Waals surface area contributed by atoms with Gasteiger partial charge in [0.1, 0.15) is 0 Å². The van der Waals surface area contributed by atoms with Gasteiger partial charge in [-0.15, -0.1) is 0 Å². The van der Waals surface area contributed by atoms with Gasteiger partial charge in [-0.25, -0.2) is 17.9 Å². The van der Waals surface area contributed by atoms with Crippen LogP contribution in [0.1, 0.15) is 36.2 Å². The van der Waals surface area contributed by atoms with Crippen molar-refractivity contribution in [2.75, 3.05) is 13.7 Å². The molecule has 0 spiro atoms. The fourth-order valence-electron chi connectivity index (χ4n) is 2.24. The van der Waals surface area contributed by atoms with Crippen LogP contribution in [0.25, 0.3) is 0 Å². The minimum atomic E-state index is -3.68. The molecule has 0 amide bonds. The number of aryl methyl sites for hydroxylation is 1. The predicted molar refractivity (Wildman–Crippen MR) is 85.1 cm³/mol. The van der Waals surface area contributed by atoms with Gasteiger partial charge in [0.15, 0.2) is 0 Å². The minimum absolute atomic E-state index is 0.141. The zero-order valence-corrected chi connectivity index (χ0v) is 14.2. The van der Waals surface area contributed by atoms with Gasteiger partial charge in [-0.05, 0) is 43.0 Å². The van der Waals surface area contributed by atoms with Crippen molar-refractivity contribution in [3.8, 4) is 0 Å². The van der Waals surface area contributed by atoms with Gasteiger partial charge in [-0.1, -0.05) is 13.8 Å². The lowest BCUT2D eigenvalue weighted by atomic mass is 10.1. The summed E-state index contributed by atoms with van der Waals surface area (Å²) < 4.78 is 32.2. The second-order valence-electron chi connectivity index (χ2n) is 5.66. The molecule has 7 heteroatoms. The summed E-state index contributed by atoms with van der Waals surface area (Å²) in [5.41, 5.74) is 6.44. The molecule has 22 heavy (non-hydrogen) atoms. The highest BCUT2D eigenvalue weighted by Gasteiger charge is 2.22. The molecule has 1 rings (SSSR count). The average molecular weight is 328 g/mol. The van der Waals surface area contributed by atoms with Crippen LogP contribution in [0.3, 0.4) is 0 Å². The first-order valence-electron chi connectivity index (χ1n) is 7.12. The highest BCUT2D eigenvalue weighted by Crippen LogP contribution is 2.18. The lowest BCUT2D eigenvalue weighted by Gasteiger charge is -2.19. The van der Waals surface area contributed by atoms with Crippen LogP contribution in [0.2, 0.25) is 0 Å². The summed E-state index contributed by atoms with van der Waals surface area (Å²) in [6.45, 7) is 5.89. The van der Waals surface area contributed by atoms with Crippen molar-refractivity contribution in [1.29, 1.82) is 0 Å². The summed E-state index contributed by atoms with van der Waals surface area (Å²) in [7, 11) is -2.40. The summed E-state index contributed by atoms with van der Waals surface area (Å²) in [6.07, 6.45) is 0.662. The molecule has 124 valence electrons. The number of nitrogens with one attached hydrogen (secondary N) is 1. The molecule has 1 aromatic rings. The van der Waals surface area contributed by atoms with Gasteiger partial charge in [-0.3, -0.25) is 0 Å². The van der Waals surface area contributed by atoms with Crippen LogP contribution in [-0.4, -0.2) is 34.1 Å².